The fourth-order valence-electron chi connectivity index (χ4n) is 2.64. The summed E-state index contributed by atoms with van der Waals surface area (Å²) in [6.45, 7) is 2.49. The fraction of sp³-hybridized carbons (Fsp3) is 0.278. The number of thiazole rings is 1. The number of hydrogen-bond acceptors (Lipinski definition) is 6. The molecule has 1 heterocycles. The van der Waals surface area contributed by atoms with E-state index in [2.05, 4.69) is 4.72 Å². The summed E-state index contributed by atoms with van der Waals surface area (Å²) in [5, 5.41) is 0. The number of aromatic nitrogens is 1. The standard InChI is InChI=1S/C18H20N2O5S2/c1-4-25-15-8-5-12(9-16(15)24-3)11-19-27(22,23)13-6-7-14-17(10-13)26-18(21)20(14)2/h5-10,19H,4,11H2,1-3H3. The van der Waals surface area contributed by atoms with Crippen molar-refractivity contribution < 1.29 is 17.9 Å². The summed E-state index contributed by atoms with van der Waals surface area (Å²) in [6.07, 6.45) is 0. The molecule has 0 atom stereocenters. The molecule has 0 radical (unpaired) electrons. The molecular weight excluding hydrogens is 388 g/mol. The van der Waals surface area contributed by atoms with Crippen LogP contribution in [0.25, 0.3) is 10.2 Å². The van der Waals surface area contributed by atoms with Gasteiger partial charge >= 0.3 is 4.87 Å². The Bertz CT molecular complexity index is 1130. The van der Waals surface area contributed by atoms with Crippen molar-refractivity contribution >= 4 is 31.6 Å². The Hall–Kier alpha value is -2.36. The third-order valence-electron chi connectivity index (χ3n) is 4.07. The number of hydrogen-bond donors (Lipinski definition) is 1. The van der Waals surface area contributed by atoms with E-state index >= 15 is 0 Å². The zero-order valence-corrected chi connectivity index (χ0v) is 16.8. The fourth-order valence-corrected chi connectivity index (χ4v) is 4.68. The van der Waals surface area contributed by atoms with Crippen molar-refractivity contribution in [3.63, 3.8) is 0 Å². The SMILES string of the molecule is CCOc1ccc(CNS(=O)(=O)c2ccc3c(c2)sc(=O)n3C)cc1OC. The van der Waals surface area contributed by atoms with Crippen LogP contribution in [0, 0.1) is 0 Å². The number of aryl methyl sites for hydroxylation is 1. The number of nitrogens with zero attached hydrogens (tertiary/aromatic N) is 1. The van der Waals surface area contributed by atoms with Crippen molar-refractivity contribution in [3.05, 3.63) is 51.6 Å². The third-order valence-corrected chi connectivity index (χ3v) is 6.46. The third kappa shape index (κ3) is 4.00. The lowest BCUT2D eigenvalue weighted by Gasteiger charge is -2.12. The first kappa shape index (κ1) is 19.4. The van der Waals surface area contributed by atoms with Gasteiger partial charge in [0.15, 0.2) is 11.5 Å². The van der Waals surface area contributed by atoms with Gasteiger partial charge in [-0.2, -0.15) is 0 Å². The Kier molecular flexibility index (Phi) is 5.54. The largest absolute Gasteiger partial charge is 0.493 e. The highest BCUT2D eigenvalue weighted by Crippen LogP contribution is 2.28. The van der Waals surface area contributed by atoms with Gasteiger partial charge in [0.25, 0.3) is 0 Å². The number of rotatable bonds is 7. The maximum absolute atomic E-state index is 12.6. The van der Waals surface area contributed by atoms with Crippen LogP contribution in [0.3, 0.4) is 0 Å². The lowest BCUT2D eigenvalue weighted by Crippen LogP contribution is -2.23. The predicted octanol–water partition coefficient (Wildman–Crippen LogP) is 2.49. The van der Waals surface area contributed by atoms with Gasteiger partial charge in [0.1, 0.15) is 0 Å². The summed E-state index contributed by atoms with van der Waals surface area (Å²) in [7, 11) is -0.526. The van der Waals surface area contributed by atoms with E-state index in [1.54, 1.807) is 31.3 Å². The molecule has 1 aromatic heterocycles. The molecule has 0 aliphatic carbocycles. The highest BCUT2D eigenvalue weighted by molar-refractivity contribution is 7.89. The van der Waals surface area contributed by atoms with Crippen molar-refractivity contribution in [3.8, 4) is 11.5 Å². The Balaban J connectivity index is 1.82. The summed E-state index contributed by atoms with van der Waals surface area (Å²) in [5.74, 6) is 1.15. The van der Waals surface area contributed by atoms with E-state index in [0.717, 1.165) is 16.9 Å². The maximum Gasteiger partial charge on any atom is 0.307 e. The molecule has 0 amide bonds. The maximum atomic E-state index is 12.6. The van der Waals surface area contributed by atoms with E-state index in [9.17, 15) is 13.2 Å². The molecule has 0 aliphatic rings. The molecule has 0 saturated carbocycles. The summed E-state index contributed by atoms with van der Waals surface area (Å²) in [4.78, 5) is 11.7. The van der Waals surface area contributed by atoms with Gasteiger partial charge in [-0.1, -0.05) is 17.4 Å². The van der Waals surface area contributed by atoms with E-state index < -0.39 is 10.0 Å². The van der Waals surface area contributed by atoms with Crippen LogP contribution in [0.1, 0.15) is 12.5 Å². The van der Waals surface area contributed by atoms with E-state index in [4.69, 9.17) is 9.47 Å². The van der Waals surface area contributed by atoms with Gasteiger partial charge < -0.3 is 14.0 Å². The Labute approximate surface area is 161 Å². The van der Waals surface area contributed by atoms with Crippen molar-refractivity contribution in [2.45, 2.75) is 18.4 Å². The summed E-state index contributed by atoms with van der Waals surface area (Å²) < 4.78 is 40.7. The van der Waals surface area contributed by atoms with Gasteiger partial charge in [-0.05, 0) is 42.8 Å². The normalized spacial score (nSPS) is 11.7. The first-order chi connectivity index (χ1) is 12.9. The van der Waals surface area contributed by atoms with Crippen LogP contribution in [-0.2, 0) is 23.6 Å². The molecular formula is C18H20N2O5S2. The van der Waals surface area contributed by atoms with Crippen LogP contribution in [0.15, 0.2) is 46.1 Å². The van der Waals surface area contributed by atoms with Crippen LogP contribution in [0.2, 0.25) is 0 Å². The summed E-state index contributed by atoms with van der Waals surface area (Å²) in [6, 6.07) is 9.92. The molecule has 9 heteroatoms. The van der Waals surface area contributed by atoms with Crippen molar-refractivity contribution in [2.75, 3.05) is 13.7 Å². The van der Waals surface area contributed by atoms with Gasteiger partial charge in [-0.15, -0.1) is 0 Å². The van der Waals surface area contributed by atoms with E-state index in [1.165, 1.54) is 23.8 Å². The Morgan fingerprint density at radius 3 is 2.63 bits per heavy atom. The van der Waals surface area contributed by atoms with Crippen molar-refractivity contribution in [1.82, 2.24) is 9.29 Å². The molecule has 3 rings (SSSR count). The molecule has 0 spiro atoms. The number of methoxy groups -OCH3 is 1. The topological polar surface area (TPSA) is 86.6 Å². The van der Waals surface area contributed by atoms with Crippen molar-refractivity contribution in [2.24, 2.45) is 7.05 Å². The highest BCUT2D eigenvalue weighted by atomic mass is 32.2. The van der Waals surface area contributed by atoms with Gasteiger partial charge in [0, 0.05) is 13.6 Å². The Morgan fingerprint density at radius 1 is 1.15 bits per heavy atom. The molecule has 0 bridgehead atoms. The number of nitrogens with one attached hydrogen (secondary N) is 1. The molecule has 144 valence electrons. The molecule has 0 fully saturated rings. The molecule has 0 aliphatic heterocycles. The zero-order valence-electron chi connectivity index (χ0n) is 15.2. The van der Waals surface area contributed by atoms with Crippen LogP contribution in [-0.4, -0.2) is 26.7 Å². The minimum Gasteiger partial charge on any atom is -0.493 e. The van der Waals surface area contributed by atoms with Crippen LogP contribution >= 0.6 is 11.3 Å². The molecule has 3 aromatic rings. The molecule has 0 unspecified atom stereocenters. The lowest BCUT2D eigenvalue weighted by atomic mass is 10.2. The minimum absolute atomic E-state index is 0.105. The summed E-state index contributed by atoms with van der Waals surface area (Å²) >= 11 is 1.02. The number of benzene rings is 2. The van der Waals surface area contributed by atoms with Gasteiger partial charge in [0.05, 0.1) is 28.8 Å². The predicted molar refractivity (Wildman–Crippen MR) is 105 cm³/mol. The average Bonchev–Trinajstić information content (AvgIpc) is 2.94. The lowest BCUT2D eigenvalue weighted by molar-refractivity contribution is 0.310. The molecule has 1 N–H and O–H groups in total. The van der Waals surface area contributed by atoms with Crippen LogP contribution in [0.5, 0.6) is 11.5 Å². The highest BCUT2D eigenvalue weighted by Gasteiger charge is 2.16. The van der Waals surface area contributed by atoms with Gasteiger partial charge in [-0.25, -0.2) is 13.1 Å². The monoisotopic (exact) mass is 408 g/mol. The summed E-state index contributed by atoms with van der Waals surface area (Å²) in [5.41, 5.74) is 1.45. The van der Waals surface area contributed by atoms with E-state index in [0.29, 0.717) is 28.3 Å². The van der Waals surface area contributed by atoms with Gasteiger partial charge in [0.2, 0.25) is 10.0 Å². The zero-order chi connectivity index (χ0) is 19.6. The first-order valence-electron chi connectivity index (χ1n) is 8.24. The van der Waals surface area contributed by atoms with Gasteiger partial charge in [-0.3, -0.25) is 4.79 Å². The quantitative estimate of drug-likeness (QED) is 0.649. The second kappa shape index (κ2) is 7.71. The molecule has 2 aromatic carbocycles. The second-order valence-corrected chi connectivity index (χ2v) is 8.56. The van der Waals surface area contributed by atoms with E-state index in [-0.39, 0.29) is 16.3 Å². The first-order valence-corrected chi connectivity index (χ1v) is 10.5. The van der Waals surface area contributed by atoms with Crippen LogP contribution < -0.4 is 19.1 Å². The molecule has 0 saturated heterocycles. The Morgan fingerprint density at radius 2 is 1.93 bits per heavy atom. The average molecular weight is 409 g/mol. The number of sulfonamides is 1. The number of ether oxygens (including phenoxy) is 2. The number of fused-ring (bicyclic) bond motifs is 1. The minimum atomic E-state index is -3.72. The second-order valence-electron chi connectivity index (χ2n) is 5.80. The van der Waals surface area contributed by atoms with Crippen molar-refractivity contribution in [1.29, 1.82) is 0 Å². The smallest absolute Gasteiger partial charge is 0.307 e. The van der Waals surface area contributed by atoms with Crippen LogP contribution in [0.4, 0.5) is 0 Å². The molecule has 27 heavy (non-hydrogen) atoms. The molecule has 7 nitrogen and oxygen atoms in total. The van der Waals surface area contributed by atoms with E-state index in [1.807, 2.05) is 6.92 Å².